The van der Waals surface area contributed by atoms with Crippen molar-refractivity contribution in [1.29, 1.82) is 0 Å². The fourth-order valence-electron chi connectivity index (χ4n) is 1.83. The van der Waals surface area contributed by atoms with Crippen LogP contribution in [0.15, 0.2) is 36.5 Å². The predicted molar refractivity (Wildman–Crippen MR) is 83.3 cm³/mol. The fourth-order valence-corrected chi connectivity index (χ4v) is 1.83. The highest BCUT2D eigenvalue weighted by Gasteiger charge is 2.14. The van der Waals surface area contributed by atoms with Crippen LogP contribution >= 0.6 is 0 Å². The lowest BCUT2D eigenvalue weighted by molar-refractivity contribution is 0.308. The van der Waals surface area contributed by atoms with Crippen molar-refractivity contribution in [2.45, 2.75) is 39.3 Å². The maximum absolute atomic E-state index is 5.63. The van der Waals surface area contributed by atoms with Gasteiger partial charge in [-0.05, 0) is 45.9 Å². The number of hydrogen-bond acceptors (Lipinski definition) is 4. The lowest BCUT2D eigenvalue weighted by atomic mass is 10.1. The number of nitrogens with one attached hydrogen (secondary N) is 1. The molecule has 114 valence electrons. The smallest absolute Gasteiger partial charge is 0.119 e. The first-order valence-corrected chi connectivity index (χ1v) is 7.36. The van der Waals surface area contributed by atoms with Gasteiger partial charge in [-0.25, -0.2) is 4.68 Å². The molecule has 0 atom stereocenters. The van der Waals surface area contributed by atoms with Crippen molar-refractivity contribution in [3.05, 3.63) is 42.2 Å². The van der Waals surface area contributed by atoms with Crippen LogP contribution in [0, 0.1) is 0 Å². The van der Waals surface area contributed by atoms with Gasteiger partial charge in [0.15, 0.2) is 0 Å². The lowest BCUT2D eigenvalue weighted by Crippen LogP contribution is -2.22. The van der Waals surface area contributed by atoms with Gasteiger partial charge in [-0.1, -0.05) is 23.4 Å². The van der Waals surface area contributed by atoms with Gasteiger partial charge in [0.2, 0.25) is 0 Å². The SMILES string of the molecule is CC(C)(C)n1cc(CNCCCOc2ccccc2)nn1. The number of aromatic nitrogens is 3. The summed E-state index contributed by atoms with van der Waals surface area (Å²) in [4.78, 5) is 0. The molecule has 0 amide bonds. The minimum absolute atomic E-state index is 0.0191. The first-order chi connectivity index (χ1) is 10.1. The number of hydrogen-bond donors (Lipinski definition) is 1. The van der Waals surface area contributed by atoms with Gasteiger partial charge in [-0.15, -0.1) is 5.10 Å². The van der Waals surface area contributed by atoms with Crippen molar-refractivity contribution in [1.82, 2.24) is 20.3 Å². The van der Waals surface area contributed by atoms with Gasteiger partial charge in [0.25, 0.3) is 0 Å². The summed E-state index contributed by atoms with van der Waals surface area (Å²) in [5.41, 5.74) is 0.948. The molecule has 0 bridgehead atoms. The topological polar surface area (TPSA) is 52.0 Å². The van der Waals surface area contributed by atoms with E-state index in [0.717, 1.165) is 31.0 Å². The summed E-state index contributed by atoms with van der Waals surface area (Å²) in [5, 5.41) is 11.7. The number of rotatable bonds is 7. The second-order valence-corrected chi connectivity index (χ2v) is 6.02. The third kappa shape index (κ3) is 5.19. The molecule has 0 saturated heterocycles. The second-order valence-electron chi connectivity index (χ2n) is 6.02. The molecule has 21 heavy (non-hydrogen) atoms. The molecule has 2 aromatic rings. The van der Waals surface area contributed by atoms with Gasteiger partial charge in [-0.3, -0.25) is 0 Å². The molecule has 2 rings (SSSR count). The summed E-state index contributed by atoms with van der Waals surface area (Å²) in [5.74, 6) is 0.922. The molecule has 0 saturated carbocycles. The van der Waals surface area contributed by atoms with Crippen molar-refractivity contribution in [2.75, 3.05) is 13.2 Å². The van der Waals surface area contributed by atoms with E-state index < -0.39 is 0 Å². The maximum atomic E-state index is 5.63. The Labute approximate surface area is 126 Å². The molecule has 5 heteroatoms. The van der Waals surface area contributed by atoms with Gasteiger partial charge in [0.05, 0.1) is 24.0 Å². The number of ether oxygens (including phenoxy) is 1. The minimum Gasteiger partial charge on any atom is -0.494 e. The fraction of sp³-hybridized carbons (Fsp3) is 0.500. The Balaban J connectivity index is 1.61. The molecular formula is C16H24N4O. The second kappa shape index (κ2) is 7.22. The van der Waals surface area contributed by atoms with Crippen LogP contribution in [0.1, 0.15) is 32.9 Å². The van der Waals surface area contributed by atoms with E-state index in [1.54, 1.807) is 0 Å². The Morgan fingerprint density at radius 1 is 1.19 bits per heavy atom. The van der Waals surface area contributed by atoms with Crippen LogP contribution < -0.4 is 10.1 Å². The van der Waals surface area contributed by atoms with Gasteiger partial charge in [0.1, 0.15) is 5.75 Å². The zero-order valence-electron chi connectivity index (χ0n) is 13.0. The van der Waals surface area contributed by atoms with Crippen LogP contribution in [-0.2, 0) is 12.1 Å². The molecule has 1 aromatic heterocycles. The van der Waals surface area contributed by atoms with E-state index in [9.17, 15) is 0 Å². The normalized spacial score (nSPS) is 11.6. The molecule has 1 heterocycles. The molecule has 0 spiro atoms. The quantitative estimate of drug-likeness (QED) is 0.796. The molecule has 1 aromatic carbocycles. The minimum atomic E-state index is -0.0191. The van der Waals surface area contributed by atoms with Crippen LogP contribution in [0.25, 0.3) is 0 Å². The standard InChI is InChI=1S/C16H24N4O/c1-16(2,3)20-13-14(18-19-20)12-17-10-7-11-21-15-8-5-4-6-9-15/h4-6,8-9,13,17H,7,10-12H2,1-3H3. The summed E-state index contributed by atoms with van der Waals surface area (Å²) >= 11 is 0. The van der Waals surface area contributed by atoms with Crippen LogP contribution in [0.3, 0.4) is 0 Å². The number of nitrogens with zero attached hydrogens (tertiary/aromatic N) is 3. The zero-order chi connectivity index (χ0) is 15.1. The lowest BCUT2D eigenvalue weighted by Gasteiger charge is -2.17. The molecule has 0 radical (unpaired) electrons. The molecule has 0 unspecified atom stereocenters. The van der Waals surface area contributed by atoms with Crippen molar-refractivity contribution in [3.8, 4) is 5.75 Å². The van der Waals surface area contributed by atoms with E-state index in [-0.39, 0.29) is 5.54 Å². The van der Waals surface area contributed by atoms with E-state index >= 15 is 0 Å². The number of para-hydroxylation sites is 1. The highest BCUT2D eigenvalue weighted by atomic mass is 16.5. The van der Waals surface area contributed by atoms with E-state index in [2.05, 4.69) is 36.4 Å². The monoisotopic (exact) mass is 288 g/mol. The van der Waals surface area contributed by atoms with E-state index in [1.165, 1.54) is 0 Å². The third-order valence-corrected chi connectivity index (χ3v) is 3.04. The van der Waals surface area contributed by atoms with E-state index in [1.807, 2.05) is 41.2 Å². The van der Waals surface area contributed by atoms with Crippen molar-refractivity contribution < 1.29 is 4.74 Å². The molecule has 0 aliphatic carbocycles. The Bertz CT molecular complexity index is 531. The van der Waals surface area contributed by atoms with Crippen LogP contribution in [0.5, 0.6) is 5.75 Å². The number of benzene rings is 1. The highest BCUT2D eigenvalue weighted by molar-refractivity contribution is 5.20. The summed E-state index contributed by atoms with van der Waals surface area (Å²) in [7, 11) is 0. The Kier molecular flexibility index (Phi) is 5.33. The predicted octanol–water partition coefficient (Wildman–Crippen LogP) is 2.59. The largest absolute Gasteiger partial charge is 0.494 e. The van der Waals surface area contributed by atoms with Gasteiger partial charge < -0.3 is 10.1 Å². The zero-order valence-corrected chi connectivity index (χ0v) is 13.0. The van der Waals surface area contributed by atoms with Gasteiger partial charge in [0, 0.05) is 6.54 Å². The molecule has 0 aliphatic rings. The maximum Gasteiger partial charge on any atom is 0.119 e. The van der Waals surface area contributed by atoms with Crippen LogP contribution in [-0.4, -0.2) is 28.1 Å². The van der Waals surface area contributed by atoms with Crippen molar-refractivity contribution in [3.63, 3.8) is 0 Å². The first kappa shape index (κ1) is 15.5. The summed E-state index contributed by atoms with van der Waals surface area (Å²) < 4.78 is 7.53. The summed E-state index contributed by atoms with van der Waals surface area (Å²) in [6.07, 6.45) is 2.95. The third-order valence-electron chi connectivity index (χ3n) is 3.04. The molecule has 5 nitrogen and oxygen atoms in total. The van der Waals surface area contributed by atoms with E-state index in [0.29, 0.717) is 6.61 Å². The van der Waals surface area contributed by atoms with Crippen molar-refractivity contribution >= 4 is 0 Å². The Hall–Kier alpha value is -1.88. The first-order valence-electron chi connectivity index (χ1n) is 7.36. The van der Waals surface area contributed by atoms with Crippen LogP contribution in [0.4, 0.5) is 0 Å². The van der Waals surface area contributed by atoms with E-state index in [4.69, 9.17) is 4.74 Å². The molecule has 0 fully saturated rings. The van der Waals surface area contributed by atoms with Gasteiger partial charge in [-0.2, -0.15) is 0 Å². The van der Waals surface area contributed by atoms with Crippen LogP contribution in [0.2, 0.25) is 0 Å². The summed E-state index contributed by atoms with van der Waals surface area (Å²) in [6.45, 7) is 8.68. The average molecular weight is 288 g/mol. The Morgan fingerprint density at radius 3 is 2.62 bits per heavy atom. The molecule has 1 N–H and O–H groups in total. The van der Waals surface area contributed by atoms with Gasteiger partial charge >= 0.3 is 0 Å². The molecular weight excluding hydrogens is 264 g/mol. The van der Waals surface area contributed by atoms with Crippen molar-refractivity contribution in [2.24, 2.45) is 0 Å². The average Bonchev–Trinajstić information content (AvgIpc) is 2.93. The summed E-state index contributed by atoms with van der Waals surface area (Å²) in [6, 6.07) is 9.88. The molecule has 0 aliphatic heterocycles. The highest BCUT2D eigenvalue weighted by Crippen LogP contribution is 2.11. The Morgan fingerprint density at radius 2 is 1.95 bits per heavy atom.